The molecule has 0 spiro atoms. The first-order chi connectivity index (χ1) is 12.1. The SMILES string of the molecule is C[C@H]1CN(c2ccc3nc(-c4cncc(Cl)c4)cc(=O)n3c2)CCN1. The number of nitrogens with zero attached hydrogens (tertiary/aromatic N) is 4. The van der Waals surface area contributed by atoms with Gasteiger partial charge in [0, 0.05) is 55.9 Å². The fraction of sp³-hybridized carbons (Fsp3) is 0.278. The zero-order chi connectivity index (χ0) is 17.4. The number of anilines is 1. The average molecular weight is 356 g/mol. The van der Waals surface area contributed by atoms with Crippen molar-refractivity contribution in [1.29, 1.82) is 0 Å². The van der Waals surface area contributed by atoms with Crippen LogP contribution >= 0.6 is 11.6 Å². The van der Waals surface area contributed by atoms with Gasteiger partial charge < -0.3 is 10.2 Å². The molecule has 6 nitrogen and oxygen atoms in total. The molecule has 4 heterocycles. The van der Waals surface area contributed by atoms with Crippen molar-refractivity contribution in [3.63, 3.8) is 0 Å². The Kier molecular flexibility index (Phi) is 4.15. The molecular formula is C18H18ClN5O. The van der Waals surface area contributed by atoms with E-state index in [0.717, 1.165) is 30.9 Å². The molecule has 1 atom stereocenters. The highest BCUT2D eigenvalue weighted by molar-refractivity contribution is 6.30. The number of aromatic nitrogens is 3. The second-order valence-electron chi connectivity index (χ2n) is 6.29. The highest BCUT2D eigenvalue weighted by atomic mass is 35.5. The molecule has 0 aliphatic carbocycles. The van der Waals surface area contributed by atoms with Gasteiger partial charge in [0.1, 0.15) is 5.65 Å². The summed E-state index contributed by atoms with van der Waals surface area (Å²) in [4.78, 5) is 23.5. The summed E-state index contributed by atoms with van der Waals surface area (Å²) in [6, 6.07) is 7.59. The second-order valence-corrected chi connectivity index (χ2v) is 6.72. The molecule has 1 N–H and O–H groups in total. The maximum Gasteiger partial charge on any atom is 0.258 e. The lowest BCUT2D eigenvalue weighted by atomic mass is 10.2. The molecular weight excluding hydrogens is 338 g/mol. The van der Waals surface area contributed by atoms with Crippen LogP contribution in [0.15, 0.2) is 47.7 Å². The Morgan fingerprint density at radius 2 is 2.16 bits per heavy atom. The van der Waals surface area contributed by atoms with Crippen LogP contribution in [-0.2, 0) is 0 Å². The fourth-order valence-corrected chi connectivity index (χ4v) is 3.32. The number of halogens is 1. The largest absolute Gasteiger partial charge is 0.368 e. The van der Waals surface area contributed by atoms with Crippen molar-refractivity contribution >= 4 is 22.9 Å². The average Bonchev–Trinajstić information content (AvgIpc) is 2.61. The predicted molar refractivity (Wildman–Crippen MR) is 99.4 cm³/mol. The van der Waals surface area contributed by atoms with Gasteiger partial charge in [0.25, 0.3) is 5.56 Å². The molecule has 3 aromatic heterocycles. The van der Waals surface area contributed by atoms with Gasteiger partial charge in [-0.15, -0.1) is 0 Å². The third-order valence-corrected chi connectivity index (χ3v) is 4.59. The quantitative estimate of drug-likeness (QED) is 0.763. The lowest BCUT2D eigenvalue weighted by Gasteiger charge is -2.33. The Hall–Kier alpha value is -2.44. The topological polar surface area (TPSA) is 62.5 Å². The maximum atomic E-state index is 12.6. The van der Waals surface area contributed by atoms with Crippen molar-refractivity contribution < 1.29 is 0 Å². The summed E-state index contributed by atoms with van der Waals surface area (Å²) in [5.74, 6) is 0. The number of fused-ring (bicyclic) bond motifs is 1. The van der Waals surface area contributed by atoms with Gasteiger partial charge in [-0.25, -0.2) is 4.98 Å². The third-order valence-electron chi connectivity index (χ3n) is 4.38. The Morgan fingerprint density at radius 1 is 1.28 bits per heavy atom. The molecule has 1 fully saturated rings. The molecule has 25 heavy (non-hydrogen) atoms. The van der Waals surface area contributed by atoms with Gasteiger partial charge in [-0.1, -0.05) is 11.6 Å². The van der Waals surface area contributed by atoms with Crippen LogP contribution in [0.25, 0.3) is 16.9 Å². The lowest BCUT2D eigenvalue weighted by molar-refractivity contribution is 0.484. The highest BCUT2D eigenvalue weighted by Crippen LogP contribution is 2.21. The van der Waals surface area contributed by atoms with Crippen LogP contribution in [-0.4, -0.2) is 40.0 Å². The van der Waals surface area contributed by atoms with E-state index in [1.54, 1.807) is 22.9 Å². The Morgan fingerprint density at radius 3 is 2.96 bits per heavy atom. The van der Waals surface area contributed by atoms with Crippen LogP contribution in [0.5, 0.6) is 0 Å². The van der Waals surface area contributed by atoms with E-state index >= 15 is 0 Å². The molecule has 0 radical (unpaired) electrons. The summed E-state index contributed by atoms with van der Waals surface area (Å²) < 4.78 is 1.59. The van der Waals surface area contributed by atoms with Crippen molar-refractivity contribution in [2.45, 2.75) is 13.0 Å². The van der Waals surface area contributed by atoms with E-state index in [4.69, 9.17) is 11.6 Å². The molecule has 1 saturated heterocycles. The van der Waals surface area contributed by atoms with Gasteiger partial charge in [-0.05, 0) is 25.1 Å². The lowest BCUT2D eigenvalue weighted by Crippen LogP contribution is -2.49. The summed E-state index contributed by atoms with van der Waals surface area (Å²) in [6.07, 6.45) is 5.07. The van der Waals surface area contributed by atoms with Crippen molar-refractivity contribution in [2.24, 2.45) is 0 Å². The first kappa shape index (κ1) is 16.1. The van der Waals surface area contributed by atoms with Crippen molar-refractivity contribution in [2.75, 3.05) is 24.5 Å². The van der Waals surface area contributed by atoms with Gasteiger partial charge in [0.15, 0.2) is 0 Å². The number of hydrogen-bond acceptors (Lipinski definition) is 5. The van der Waals surface area contributed by atoms with Gasteiger partial charge in [-0.2, -0.15) is 0 Å². The summed E-state index contributed by atoms with van der Waals surface area (Å²) in [6.45, 7) is 4.93. The van der Waals surface area contributed by atoms with Crippen LogP contribution < -0.4 is 15.8 Å². The van der Waals surface area contributed by atoms with Crippen LogP contribution in [0.3, 0.4) is 0 Å². The Bertz CT molecular complexity index is 987. The number of hydrogen-bond donors (Lipinski definition) is 1. The summed E-state index contributed by atoms with van der Waals surface area (Å²) in [7, 11) is 0. The van der Waals surface area contributed by atoms with E-state index in [-0.39, 0.29) is 5.56 Å². The van der Waals surface area contributed by atoms with Crippen molar-refractivity contribution in [1.82, 2.24) is 19.7 Å². The van der Waals surface area contributed by atoms with Crippen LogP contribution in [0.1, 0.15) is 6.92 Å². The molecule has 4 rings (SSSR count). The van der Waals surface area contributed by atoms with Gasteiger partial charge in [-0.3, -0.25) is 14.2 Å². The van der Waals surface area contributed by atoms with E-state index in [0.29, 0.717) is 22.4 Å². The summed E-state index contributed by atoms with van der Waals surface area (Å²) in [5.41, 5.74) is 2.82. The van der Waals surface area contributed by atoms with E-state index < -0.39 is 0 Å². The number of rotatable bonds is 2. The van der Waals surface area contributed by atoms with Crippen LogP contribution in [0, 0.1) is 0 Å². The number of pyridine rings is 2. The minimum atomic E-state index is -0.120. The van der Waals surface area contributed by atoms with Crippen molar-refractivity contribution in [3.05, 3.63) is 58.2 Å². The predicted octanol–water partition coefficient (Wildman–Crippen LogP) is 2.21. The molecule has 0 amide bonds. The van der Waals surface area contributed by atoms with E-state index in [1.165, 1.54) is 6.07 Å². The summed E-state index contributed by atoms with van der Waals surface area (Å²) >= 11 is 5.99. The van der Waals surface area contributed by atoms with E-state index in [2.05, 4.69) is 27.1 Å². The Labute approximate surface area is 150 Å². The number of piperazine rings is 1. The smallest absolute Gasteiger partial charge is 0.258 e. The monoisotopic (exact) mass is 355 g/mol. The van der Waals surface area contributed by atoms with Crippen molar-refractivity contribution in [3.8, 4) is 11.3 Å². The summed E-state index contributed by atoms with van der Waals surface area (Å²) in [5, 5.41) is 3.94. The molecule has 128 valence electrons. The molecule has 1 aliphatic heterocycles. The normalized spacial score (nSPS) is 17.8. The Balaban J connectivity index is 1.76. The molecule has 0 saturated carbocycles. The first-order valence-corrected chi connectivity index (χ1v) is 8.61. The minimum absolute atomic E-state index is 0.120. The first-order valence-electron chi connectivity index (χ1n) is 8.23. The number of nitrogens with one attached hydrogen (secondary N) is 1. The highest BCUT2D eigenvalue weighted by Gasteiger charge is 2.16. The van der Waals surface area contributed by atoms with E-state index in [9.17, 15) is 4.79 Å². The molecule has 0 aromatic carbocycles. The van der Waals surface area contributed by atoms with Crippen LogP contribution in [0.2, 0.25) is 5.02 Å². The minimum Gasteiger partial charge on any atom is -0.368 e. The van der Waals surface area contributed by atoms with E-state index in [1.807, 2.05) is 18.3 Å². The van der Waals surface area contributed by atoms with Gasteiger partial charge in [0.2, 0.25) is 0 Å². The van der Waals surface area contributed by atoms with Gasteiger partial charge >= 0.3 is 0 Å². The molecule has 0 bridgehead atoms. The molecule has 7 heteroatoms. The fourth-order valence-electron chi connectivity index (χ4n) is 3.15. The molecule has 0 unspecified atom stereocenters. The zero-order valence-electron chi connectivity index (χ0n) is 13.8. The van der Waals surface area contributed by atoms with Gasteiger partial charge in [0.05, 0.1) is 16.4 Å². The maximum absolute atomic E-state index is 12.6. The third kappa shape index (κ3) is 3.23. The van der Waals surface area contributed by atoms with Crippen LogP contribution in [0.4, 0.5) is 5.69 Å². The standard InChI is InChI=1S/C18H18ClN5O/c1-12-10-23(5-4-21-12)15-2-3-17-22-16(7-18(25)24(17)11-15)13-6-14(19)9-20-8-13/h2-3,6-9,11-12,21H,4-5,10H2,1H3/t12-/m0/s1. The molecule has 1 aliphatic rings. The second kappa shape index (κ2) is 6.46. The molecule has 3 aromatic rings. The zero-order valence-corrected chi connectivity index (χ0v) is 14.6.